The minimum absolute atomic E-state index is 0.255. The van der Waals surface area contributed by atoms with Crippen LogP contribution >= 0.6 is 0 Å². The second kappa shape index (κ2) is 12.2. The lowest BCUT2D eigenvalue weighted by molar-refractivity contribution is 0.662. The summed E-state index contributed by atoms with van der Waals surface area (Å²) < 4.78 is 9.41. The Bertz CT molecular complexity index is 3280. The molecule has 0 aliphatic heterocycles. The number of benzene rings is 5. The quantitative estimate of drug-likeness (QED) is 0.182. The van der Waals surface area contributed by atoms with Gasteiger partial charge in [0.2, 0.25) is 0 Å². The van der Waals surface area contributed by atoms with E-state index in [2.05, 4.69) is 162 Å². The van der Waals surface area contributed by atoms with Crippen molar-refractivity contribution in [2.75, 3.05) is 0 Å². The van der Waals surface area contributed by atoms with Gasteiger partial charge in [0, 0.05) is 67.1 Å². The van der Waals surface area contributed by atoms with Crippen LogP contribution < -0.4 is 10.6 Å². The first-order valence-corrected chi connectivity index (χ1v) is 19.4. The first kappa shape index (κ1) is 31.3. The molecule has 0 N–H and O–H groups in total. The van der Waals surface area contributed by atoms with Crippen molar-refractivity contribution < 1.29 is 4.42 Å². The number of para-hydroxylation sites is 2. The first-order chi connectivity index (χ1) is 27.7. The van der Waals surface area contributed by atoms with E-state index in [0.29, 0.717) is 35.2 Å². The van der Waals surface area contributed by atoms with E-state index >= 15 is 0 Å². The lowest BCUT2D eigenvalue weighted by Crippen LogP contribution is -2.35. The minimum Gasteiger partial charge on any atom is -0.455 e. The van der Waals surface area contributed by atoms with Gasteiger partial charge in [-0.2, -0.15) is 0 Å². The molecule has 5 nitrogen and oxygen atoms in total. The summed E-state index contributed by atoms with van der Waals surface area (Å²) in [5.74, 6) is 3.13. The third-order valence-corrected chi connectivity index (χ3v) is 11.8. The molecule has 0 saturated carbocycles. The molecule has 0 radical (unpaired) electrons. The average Bonchev–Trinajstić information content (AvgIpc) is 3.81. The second-order valence-electron chi connectivity index (χ2n) is 15.1. The molecule has 0 bridgehead atoms. The largest absolute Gasteiger partial charge is 0.455 e. The number of furan rings is 1. The van der Waals surface area contributed by atoms with Crippen molar-refractivity contribution in [1.29, 1.82) is 0 Å². The number of nitrogens with zero attached hydrogens (tertiary/aromatic N) is 4. The first-order valence-electron chi connectivity index (χ1n) is 19.4. The summed E-state index contributed by atoms with van der Waals surface area (Å²) in [5.41, 5.74) is 6.74. The molecule has 5 heteroatoms. The zero-order valence-corrected chi connectivity index (χ0v) is 30.3. The fraction of sp³-hybridized carbons (Fsp3) is 0.0784. The van der Waals surface area contributed by atoms with Crippen LogP contribution in [0.4, 0.5) is 0 Å². The fourth-order valence-electron chi connectivity index (χ4n) is 9.21. The van der Waals surface area contributed by atoms with Gasteiger partial charge < -0.3 is 8.98 Å². The van der Waals surface area contributed by atoms with E-state index in [1.54, 1.807) is 0 Å². The molecule has 8 aromatic rings. The van der Waals surface area contributed by atoms with E-state index in [-0.39, 0.29) is 5.92 Å². The van der Waals surface area contributed by atoms with Gasteiger partial charge in [0.1, 0.15) is 11.2 Å². The zero-order chi connectivity index (χ0) is 36.7. The predicted octanol–water partition coefficient (Wildman–Crippen LogP) is 10.4. The van der Waals surface area contributed by atoms with E-state index in [4.69, 9.17) is 19.4 Å². The molecule has 0 amide bonds. The molecule has 5 aromatic carbocycles. The Morgan fingerprint density at radius 1 is 0.536 bits per heavy atom. The Morgan fingerprint density at radius 3 is 2.09 bits per heavy atom. The molecule has 264 valence electrons. The molecule has 3 heterocycles. The van der Waals surface area contributed by atoms with Crippen molar-refractivity contribution >= 4 is 61.3 Å². The van der Waals surface area contributed by atoms with Crippen LogP contribution in [0.25, 0.3) is 89.8 Å². The number of rotatable bonds is 4. The Labute approximate surface area is 322 Å². The van der Waals surface area contributed by atoms with Crippen molar-refractivity contribution in [2.24, 2.45) is 23.7 Å². The van der Waals surface area contributed by atoms with Gasteiger partial charge in [0.25, 0.3) is 0 Å². The van der Waals surface area contributed by atoms with Gasteiger partial charge in [0.15, 0.2) is 17.5 Å². The van der Waals surface area contributed by atoms with Crippen molar-refractivity contribution in [3.63, 3.8) is 0 Å². The van der Waals surface area contributed by atoms with Gasteiger partial charge in [-0.3, -0.25) is 0 Å². The molecule has 0 spiro atoms. The summed E-state index contributed by atoms with van der Waals surface area (Å²) in [6.07, 6.45) is 29.3. The minimum atomic E-state index is 0.255. The van der Waals surface area contributed by atoms with Gasteiger partial charge in [-0.25, -0.2) is 15.0 Å². The van der Waals surface area contributed by atoms with Gasteiger partial charge in [0.05, 0.1) is 16.6 Å². The van der Waals surface area contributed by atoms with Crippen LogP contribution in [0.2, 0.25) is 0 Å². The molecule has 4 aliphatic rings. The number of aromatic nitrogens is 4. The Morgan fingerprint density at radius 2 is 1.23 bits per heavy atom. The van der Waals surface area contributed by atoms with Gasteiger partial charge in [-0.15, -0.1) is 0 Å². The fourth-order valence-corrected chi connectivity index (χ4v) is 9.21. The standard InChI is InChI=1S/C51H34N4O/c1-2-14-32(15-3-1)49-52-50(37-26-25-31-13-4-5-16-33(31)27-37)54-51(53-49)41-29-36-19-12-23-43(46(36)48-47(41)39-21-9-11-24-45(39)56-48)55-42-22-10-8-20-38(42)40-28-34-17-6-7-18-35(34)30-44(40)55/h1-31,33-35H. The van der Waals surface area contributed by atoms with E-state index in [1.165, 1.54) is 21.5 Å². The third-order valence-electron chi connectivity index (χ3n) is 11.8. The highest BCUT2D eigenvalue weighted by Crippen LogP contribution is 2.43. The summed E-state index contributed by atoms with van der Waals surface area (Å²) in [5, 5.41) is 7.86. The molecule has 56 heavy (non-hydrogen) atoms. The van der Waals surface area contributed by atoms with Gasteiger partial charge in [-0.1, -0.05) is 158 Å². The van der Waals surface area contributed by atoms with Crippen LogP contribution in [0.3, 0.4) is 0 Å². The molecule has 4 atom stereocenters. The molecular weight excluding hydrogens is 685 g/mol. The Balaban J connectivity index is 1.15. The summed E-state index contributed by atoms with van der Waals surface area (Å²) in [6, 6.07) is 36.1. The van der Waals surface area contributed by atoms with E-state index in [9.17, 15) is 0 Å². The predicted molar refractivity (Wildman–Crippen MR) is 228 cm³/mol. The number of allylic oxidation sites excluding steroid dienone is 12. The van der Waals surface area contributed by atoms with Crippen LogP contribution in [0.1, 0.15) is 5.82 Å². The summed E-state index contributed by atoms with van der Waals surface area (Å²) in [6.45, 7) is 0. The van der Waals surface area contributed by atoms with Crippen LogP contribution in [0, 0.1) is 23.7 Å². The van der Waals surface area contributed by atoms with Gasteiger partial charge in [-0.05, 0) is 29.7 Å². The number of fused-ring (bicyclic) bond motifs is 10. The maximum atomic E-state index is 6.97. The van der Waals surface area contributed by atoms with Crippen LogP contribution in [0.5, 0.6) is 0 Å². The highest BCUT2D eigenvalue weighted by atomic mass is 16.3. The Hall–Kier alpha value is -7.11. The molecule has 4 aliphatic carbocycles. The van der Waals surface area contributed by atoms with Crippen molar-refractivity contribution in [2.45, 2.75) is 0 Å². The third kappa shape index (κ3) is 4.77. The number of hydrogen-bond donors (Lipinski definition) is 0. The smallest absolute Gasteiger partial charge is 0.164 e. The molecule has 4 unspecified atom stereocenters. The molecule has 0 saturated heterocycles. The SMILES string of the molecule is C1=CC2C=CC(c3nc(-c4ccccc4)nc(-c4cc5cccc(-n6c7c(c8ccccc86)=CC6C=CC=CC6C=7)c5c5oc6ccccc6c45)n3)=CC2C=C1. The Kier molecular flexibility index (Phi) is 6.81. The van der Waals surface area contributed by atoms with Crippen LogP contribution in [-0.4, -0.2) is 19.5 Å². The van der Waals surface area contributed by atoms with Crippen LogP contribution in [-0.2, 0) is 0 Å². The van der Waals surface area contributed by atoms with Crippen LogP contribution in [0.15, 0.2) is 174 Å². The highest BCUT2D eigenvalue weighted by molar-refractivity contribution is 6.22. The second-order valence-corrected chi connectivity index (χ2v) is 15.1. The molecule has 12 rings (SSSR count). The zero-order valence-electron chi connectivity index (χ0n) is 30.3. The molecule has 3 aromatic heterocycles. The highest BCUT2D eigenvalue weighted by Gasteiger charge is 2.26. The lowest BCUT2D eigenvalue weighted by Gasteiger charge is -2.22. The van der Waals surface area contributed by atoms with Crippen molar-refractivity contribution in [1.82, 2.24) is 19.5 Å². The summed E-state index contributed by atoms with van der Waals surface area (Å²) in [7, 11) is 0. The van der Waals surface area contributed by atoms with E-state index in [1.807, 2.05) is 24.3 Å². The van der Waals surface area contributed by atoms with Crippen molar-refractivity contribution in [3.8, 4) is 28.5 Å². The van der Waals surface area contributed by atoms with Crippen molar-refractivity contribution in [3.05, 3.63) is 186 Å². The van der Waals surface area contributed by atoms with E-state index in [0.717, 1.165) is 55.1 Å². The normalized spacial score (nSPS) is 20.5. The summed E-state index contributed by atoms with van der Waals surface area (Å²) in [4.78, 5) is 15.6. The lowest BCUT2D eigenvalue weighted by atomic mass is 9.83. The van der Waals surface area contributed by atoms with Gasteiger partial charge >= 0.3 is 0 Å². The molecular formula is C51H34N4O. The maximum absolute atomic E-state index is 6.97. The average molecular weight is 719 g/mol. The number of hydrogen-bond acceptors (Lipinski definition) is 4. The molecule has 0 fully saturated rings. The monoisotopic (exact) mass is 718 g/mol. The summed E-state index contributed by atoms with van der Waals surface area (Å²) >= 11 is 0. The van der Waals surface area contributed by atoms with E-state index < -0.39 is 0 Å². The topological polar surface area (TPSA) is 56.7 Å². The maximum Gasteiger partial charge on any atom is 0.164 e.